The van der Waals surface area contributed by atoms with Crippen LogP contribution in [0.4, 0.5) is 11.5 Å². The first-order valence-corrected chi connectivity index (χ1v) is 9.06. The van der Waals surface area contributed by atoms with Crippen LogP contribution in [-0.4, -0.2) is 54.3 Å². The van der Waals surface area contributed by atoms with Gasteiger partial charge in [0.05, 0.1) is 6.54 Å². The van der Waals surface area contributed by atoms with E-state index >= 15 is 0 Å². The van der Waals surface area contributed by atoms with Crippen LogP contribution in [0.2, 0.25) is 0 Å². The molecule has 0 aliphatic carbocycles. The molecule has 0 bridgehead atoms. The van der Waals surface area contributed by atoms with Crippen LogP contribution in [0.15, 0.2) is 18.2 Å². The summed E-state index contributed by atoms with van der Waals surface area (Å²) in [5.41, 5.74) is 5.69. The molecule has 0 atom stereocenters. The Hall–Kier alpha value is -3.23. The third-order valence-electron chi connectivity index (χ3n) is 5.51. The quantitative estimate of drug-likeness (QED) is 0.734. The Kier molecular flexibility index (Phi) is 3.49. The fraction of sp³-hybridized carbons (Fsp3) is 0.389. The number of anilines is 2. The summed E-state index contributed by atoms with van der Waals surface area (Å²) in [6.45, 7) is 3.86. The molecule has 2 aliphatic heterocycles. The second-order valence-corrected chi connectivity index (χ2v) is 7.04. The highest BCUT2D eigenvalue weighted by atomic mass is 16.2. The number of amides is 1. The number of rotatable bonds is 2. The Morgan fingerprint density at radius 1 is 1.22 bits per heavy atom. The summed E-state index contributed by atoms with van der Waals surface area (Å²) in [6.07, 6.45) is 1.80. The summed E-state index contributed by atoms with van der Waals surface area (Å²) in [5, 5.41) is 19.1. The molecule has 4 heterocycles. The van der Waals surface area contributed by atoms with E-state index in [2.05, 4.69) is 37.7 Å². The Morgan fingerprint density at radius 2 is 2.11 bits per heavy atom. The maximum absolute atomic E-state index is 11.9. The number of aromatic nitrogens is 6. The third kappa shape index (κ3) is 2.49. The summed E-state index contributed by atoms with van der Waals surface area (Å²) >= 11 is 0. The Bertz CT molecular complexity index is 1020. The van der Waals surface area contributed by atoms with Gasteiger partial charge in [0.25, 0.3) is 0 Å². The number of aryl methyl sites for hydroxylation is 1. The van der Waals surface area contributed by atoms with Crippen molar-refractivity contribution in [2.24, 2.45) is 7.05 Å². The molecular formula is C18H20N8O. The highest BCUT2D eigenvalue weighted by molar-refractivity contribution is 5.77. The van der Waals surface area contributed by atoms with Crippen molar-refractivity contribution >= 4 is 17.4 Å². The lowest BCUT2D eigenvalue weighted by atomic mass is 10.1. The van der Waals surface area contributed by atoms with Crippen molar-refractivity contribution in [2.75, 3.05) is 18.0 Å². The van der Waals surface area contributed by atoms with Gasteiger partial charge in [0.1, 0.15) is 0 Å². The molecule has 9 nitrogen and oxygen atoms in total. The summed E-state index contributed by atoms with van der Waals surface area (Å²) in [4.78, 5) is 16.0. The number of nitrogens with one attached hydrogen (secondary N) is 1. The summed E-state index contributed by atoms with van der Waals surface area (Å²) in [5.74, 6) is 1.63. The zero-order valence-electron chi connectivity index (χ0n) is 15.3. The van der Waals surface area contributed by atoms with Crippen LogP contribution in [0, 0.1) is 0 Å². The maximum Gasteiger partial charge on any atom is 0.219 e. The van der Waals surface area contributed by atoms with Gasteiger partial charge in [-0.25, -0.2) is 0 Å². The van der Waals surface area contributed by atoms with Gasteiger partial charge in [0.15, 0.2) is 5.82 Å². The monoisotopic (exact) mass is 364 g/mol. The molecular weight excluding hydrogens is 344 g/mol. The minimum absolute atomic E-state index is 0.108. The van der Waals surface area contributed by atoms with E-state index in [1.165, 1.54) is 11.3 Å². The van der Waals surface area contributed by atoms with Gasteiger partial charge in [-0.05, 0) is 23.3 Å². The van der Waals surface area contributed by atoms with Crippen LogP contribution in [-0.2, 0) is 31.2 Å². The van der Waals surface area contributed by atoms with Crippen LogP contribution in [0.3, 0.4) is 0 Å². The average molecular weight is 364 g/mol. The van der Waals surface area contributed by atoms with Crippen molar-refractivity contribution in [3.63, 3.8) is 0 Å². The van der Waals surface area contributed by atoms with Gasteiger partial charge >= 0.3 is 0 Å². The van der Waals surface area contributed by atoms with E-state index in [0.717, 1.165) is 48.6 Å². The first kappa shape index (κ1) is 16.0. The minimum Gasteiger partial charge on any atom is -0.338 e. The molecule has 9 heteroatoms. The highest BCUT2D eigenvalue weighted by Gasteiger charge is 2.31. The van der Waals surface area contributed by atoms with E-state index in [9.17, 15) is 4.79 Å². The van der Waals surface area contributed by atoms with E-state index in [1.54, 1.807) is 6.92 Å². The number of hydrogen-bond acceptors (Lipinski definition) is 6. The van der Waals surface area contributed by atoms with Crippen LogP contribution >= 0.6 is 0 Å². The van der Waals surface area contributed by atoms with Gasteiger partial charge in [-0.2, -0.15) is 10.3 Å². The Labute approximate surface area is 156 Å². The van der Waals surface area contributed by atoms with Crippen molar-refractivity contribution in [3.8, 4) is 11.4 Å². The van der Waals surface area contributed by atoms with Crippen LogP contribution in [0.5, 0.6) is 0 Å². The van der Waals surface area contributed by atoms with E-state index < -0.39 is 0 Å². The molecule has 0 unspecified atom stereocenters. The highest BCUT2D eigenvalue weighted by Crippen LogP contribution is 2.39. The number of carbonyl (C=O) groups excluding carboxylic acids is 1. The number of hydrogen-bond donors (Lipinski definition) is 1. The van der Waals surface area contributed by atoms with Crippen molar-refractivity contribution in [1.29, 1.82) is 0 Å². The van der Waals surface area contributed by atoms with Crippen LogP contribution in [0.1, 0.15) is 23.7 Å². The molecule has 0 fully saturated rings. The molecule has 1 amide bonds. The molecule has 2 aliphatic rings. The summed E-state index contributed by atoms with van der Waals surface area (Å²) < 4.78 is 1.96. The van der Waals surface area contributed by atoms with Crippen LogP contribution < -0.4 is 4.90 Å². The SMILES string of the molecule is CC(=O)N1CCc2c(c(N3CCc4ccc(-c5nn[nH]n5)cc43)nn2C)C1. The minimum atomic E-state index is 0.108. The number of tetrazole rings is 1. The van der Waals surface area contributed by atoms with E-state index in [-0.39, 0.29) is 5.91 Å². The van der Waals surface area contributed by atoms with Gasteiger partial charge in [-0.15, -0.1) is 10.2 Å². The number of fused-ring (bicyclic) bond motifs is 2. The van der Waals surface area contributed by atoms with E-state index in [0.29, 0.717) is 12.4 Å². The number of aromatic amines is 1. The second kappa shape index (κ2) is 5.90. The zero-order valence-corrected chi connectivity index (χ0v) is 15.3. The van der Waals surface area contributed by atoms with Crippen molar-refractivity contribution in [2.45, 2.75) is 26.3 Å². The molecule has 1 aromatic carbocycles. The smallest absolute Gasteiger partial charge is 0.219 e. The van der Waals surface area contributed by atoms with Crippen molar-refractivity contribution < 1.29 is 4.79 Å². The predicted octanol–water partition coefficient (Wildman–Crippen LogP) is 1.20. The molecule has 0 spiro atoms. The zero-order chi connectivity index (χ0) is 18.5. The average Bonchev–Trinajstić information content (AvgIpc) is 3.40. The van der Waals surface area contributed by atoms with Gasteiger partial charge in [0.2, 0.25) is 11.7 Å². The van der Waals surface area contributed by atoms with E-state index in [4.69, 9.17) is 5.10 Å². The summed E-state index contributed by atoms with van der Waals surface area (Å²) in [6, 6.07) is 6.25. The first-order chi connectivity index (χ1) is 13.1. The number of H-pyrrole nitrogens is 1. The summed E-state index contributed by atoms with van der Waals surface area (Å²) in [7, 11) is 1.98. The number of carbonyl (C=O) groups is 1. The number of nitrogens with zero attached hydrogens (tertiary/aromatic N) is 7. The van der Waals surface area contributed by atoms with Gasteiger partial charge in [-0.1, -0.05) is 12.1 Å². The maximum atomic E-state index is 11.9. The van der Waals surface area contributed by atoms with Crippen LogP contribution in [0.25, 0.3) is 11.4 Å². The first-order valence-electron chi connectivity index (χ1n) is 9.06. The molecule has 0 radical (unpaired) electrons. The lowest BCUT2D eigenvalue weighted by Gasteiger charge is -2.28. The molecule has 2 aromatic heterocycles. The van der Waals surface area contributed by atoms with E-state index in [1.807, 2.05) is 22.7 Å². The third-order valence-corrected chi connectivity index (χ3v) is 5.51. The van der Waals surface area contributed by atoms with Gasteiger partial charge in [-0.3, -0.25) is 9.48 Å². The number of benzene rings is 1. The fourth-order valence-corrected chi connectivity index (χ4v) is 4.08. The molecule has 0 saturated carbocycles. The lowest BCUT2D eigenvalue weighted by Crippen LogP contribution is -2.35. The normalized spacial score (nSPS) is 15.8. The molecule has 3 aromatic rings. The molecule has 0 saturated heterocycles. The fourth-order valence-electron chi connectivity index (χ4n) is 4.08. The van der Waals surface area contributed by atoms with Gasteiger partial charge in [0, 0.05) is 56.0 Å². The largest absolute Gasteiger partial charge is 0.338 e. The Balaban J connectivity index is 1.57. The topological polar surface area (TPSA) is 95.8 Å². The molecule has 5 rings (SSSR count). The predicted molar refractivity (Wildman–Crippen MR) is 98.3 cm³/mol. The Morgan fingerprint density at radius 3 is 2.89 bits per heavy atom. The molecule has 138 valence electrons. The standard InChI is InChI=1S/C18H20N8O/c1-11(27)25-7-6-15-14(10-25)18(21-24(15)2)26-8-5-12-3-4-13(9-16(12)26)17-19-22-23-20-17/h3-4,9H,5-8,10H2,1-2H3,(H,19,20,22,23). The molecule has 1 N–H and O–H groups in total. The van der Waals surface area contributed by atoms with Gasteiger partial charge < -0.3 is 9.80 Å². The molecule has 27 heavy (non-hydrogen) atoms. The lowest BCUT2D eigenvalue weighted by molar-refractivity contribution is -0.129. The van der Waals surface area contributed by atoms with Crippen molar-refractivity contribution in [1.82, 2.24) is 35.3 Å². The van der Waals surface area contributed by atoms with Crippen molar-refractivity contribution in [3.05, 3.63) is 35.0 Å². The second-order valence-electron chi connectivity index (χ2n) is 7.04.